The number of halogens is 1. The number of ether oxygens (including phenoxy) is 2. The Morgan fingerprint density at radius 3 is 2.88 bits per heavy atom. The topological polar surface area (TPSA) is 101 Å². The van der Waals surface area contributed by atoms with Crippen LogP contribution in [-0.2, 0) is 21.5 Å². The fourth-order valence-electron chi connectivity index (χ4n) is 5.65. The first-order valence-electron chi connectivity index (χ1n) is 13.7. The molecule has 3 aromatic rings. The summed E-state index contributed by atoms with van der Waals surface area (Å²) in [5.74, 6) is 2.08. The van der Waals surface area contributed by atoms with E-state index in [0.717, 1.165) is 60.9 Å². The number of nitrogens with zero attached hydrogens (tertiary/aromatic N) is 3. The van der Waals surface area contributed by atoms with Gasteiger partial charge in [0.05, 0.1) is 31.0 Å². The zero-order valence-corrected chi connectivity index (χ0v) is 24.3. The van der Waals surface area contributed by atoms with Crippen molar-refractivity contribution >= 4 is 40.6 Å². The molecular weight excluding hydrogens is 528 g/mol. The molecule has 5 rings (SSSR count). The van der Waals surface area contributed by atoms with Crippen LogP contribution >= 0.6 is 11.6 Å². The Kier molecular flexibility index (Phi) is 8.44. The highest BCUT2D eigenvalue weighted by Gasteiger charge is 2.39. The van der Waals surface area contributed by atoms with E-state index in [1.807, 2.05) is 38.1 Å². The predicted molar refractivity (Wildman–Crippen MR) is 159 cm³/mol. The minimum atomic E-state index is -0.613. The molecule has 1 atom stereocenters. The molecule has 0 bridgehead atoms. The third kappa shape index (κ3) is 5.87. The van der Waals surface area contributed by atoms with Gasteiger partial charge in [0, 0.05) is 32.4 Å². The van der Waals surface area contributed by atoms with Gasteiger partial charge in [0.2, 0.25) is 11.9 Å². The van der Waals surface area contributed by atoms with Gasteiger partial charge in [0.25, 0.3) is 0 Å². The average Bonchev–Trinajstić information content (AvgIpc) is 3.20. The Morgan fingerprint density at radius 2 is 2.08 bits per heavy atom. The van der Waals surface area contributed by atoms with Crippen molar-refractivity contribution in [3.05, 3.63) is 64.3 Å². The molecule has 40 heavy (non-hydrogen) atoms. The van der Waals surface area contributed by atoms with Crippen molar-refractivity contribution in [3.8, 4) is 5.75 Å². The molecule has 3 heterocycles. The lowest BCUT2D eigenvalue weighted by atomic mass is 9.83. The summed E-state index contributed by atoms with van der Waals surface area (Å²) in [5, 5.41) is 10.00. The number of hydrogen-bond donors (Lipinski definition) is 3. The Hall–Kier alpha value is -3.40. The number of carbonyl (C=O) groups excluding carboxylic acids is 1. The van der Waals surface area contributed by atoms with Gasteiger partial charge in [-0.25, -0.2) is 4.98 Å². The number of piperidine rings is 1. The highest BCUT2D eigenvalue weighted by atomic mass is 35.5. The van der Waals surface area contributed by atoms with Gasteiger partial charge in [-0.2, -0.15) is 4.98 Å². The van der Waals surface area contributed by atoms with E-state index >= 15 is 0 Å². The number of carbonyl (C=O) groups is 1. The van der Waals surface area contributed by atoms with E-state index in [4.69, 9.17) is 21.1 Å². The second-order valence-electron chi connectivity index (χ2n) is 10.9. The van der Waals surface area contributed by atoms with Crippen molar-refractivity contribution in [3.63, 3.8) is 0 Å². The van der Waals surface area contributed by atoms with Crippen LogP contribution < -0.4 is 20.7 Å². The van der Waals surface area contributed by atoms with Gasteiger partial charge >= 0.3 is 0 Å². The third-order valence-corrected chi connectivity index (χ3v) is 8.12. The minimum Gasteiger partial charge on any atom is -0.495 e. The second-order valence-corrected chi connectivity index (χ2v) is 11.3. The van der Waals surface area contributed by atoms with Gasteiger partial charge in [-0.3, -0.25) is 4.79 Å². The lowest BCUT2D eigenvalue weighted by molar-refractivity contribution is -0.119. The fraction of sp³-hybridized carbons (Fsp3) is 0.433. The molecule has 1 amide bonds. The normalized spacial score (nSPS) is 18.2. The van der Waals surface area contributed by atoms with Crippen molar-refractivity contribution < 1.29 is 14.3 Å². The smallest absolute Gasteiger partial charge is 0.234 e. The molecule has 3 N–H and O–H groups in total. The third-order valence-electron chi connectivity index (χ3n) is 7.84. The highest BCUT2D eigenvalue weighted by molar-refractivity contribution is 6.32. The molecule has 2 aliphatic heterocycles. The molecule has 1 saturated heterocycles. The Labute approximate surface area is 240 Å². The molecule has 2 aromatic carbocycles. The molecular formula is C30H37ClN6O3. The predicted octanol–water partition coefficient (Wildman–Crippen LogP) is 5.55. The van der Waals surface area contributed by atoms with E-state index in [1.54, 1.807) is 20.4 Å². The van der Waals surface area contributed by atoms with E-state index in [0.29, 0.717) is 29.3 Å². The molecule has 1 aromatic heterocycles. The number of fused-ring (bicyclic) bond motifs is 1. The summed E-state index contributed by atoms with van der Waals surface area (Å²) >= 11 is 6.45. The van der Waals surface area contributed by atoms with E-state index in [2.05, 4.69) is 43.0 Å². The molecule has 9 nitrogen and oxygen atoms in total. The van der Waals surface area contributed by atoms with Crippen LogP contribution in [0.4, 0.5) is 23.1 Å². The first-order chi connectivity index (χ1) is 19.3. The summed E-state index contributed by atoms with van der Waals surface area (Å²) < 4.78 is 11.0. The lowest BCUT2D eigenvalue weighted by Crippen LogP contribution is -2.36. The minimum absolute atomic E-state index is 0.00613. The monoisotopic (exact) mass is 564 g/mol. The van der Waals surface area contributed by atoms with Crippen LogP contribution in [0.5, 0.6) is 5.75 Å². The maximum absolute atomic E-state index is 12.5. The number of methoxy groups -OCH3 is 2. The average molecular weight is 565 g/mol. The molecule has 212 valence electrons. The van der Waals surface area contributed by atoms with Crippen LogP contribution in [0, 0.1) is 0 Å². The number of rotatable bonds is 10. The van der Waals surface area contributed by atoms with E-state index in [-0.39, 0.29) is 5.91 Å². The zero-order chi connectivity index (χ0) is 28.3. The molecule has 0 radical (unpaired) electrons. The number of aromatic nitrogens is 2. The van der Waals surface area contributed by atoms with Crippen molar-refractivity contribution in [1.82, 2.24) is 14.9 Å². The summed E-state index contributed by atoms with van der Waals surface area (Å²) in [5.41, 5.74) is 4.26. The second kappa shape index (κ2) is 12.0. The molecule has 0 saturated carbocycles. The van der Waals surface area contributed by atoms with Crippen molar-refractivity contribution in [2.75, 3.05) is 56.4 Å². The van der Waals surface area contributed by atoms with Crippen LogP contribution in [0.25, 0.3) is 0 Å². The fourth-order valence-corrected chi connectivity index (χ4v) is 5.81. The summed E-state index contributed by atoms with van der Waals surface area (Å²) in [6.07, 6.45) is 3.89. The SMILES string of the molecule is COCCN1CCCC(c2ccc(Nc3ncc(Cl)c(NCc4cccc5c4C(C)(C)C(=O)N5)n3)c(OC)c2)C1. The number of amides is 1. The summed E-state index contributed by atoms with van der Waals surface area (Å²) in [7, 11) is 3.42. The molecule has 1 fully saturated rings. The van der Waals surface area contributed by atoms with E-state index < -0.39 is 5.41 Å². The Morgan fingerprint density at radius 1 is 1.23 bits per heavy atom. The van der Waals surface area contributed by atoms with Gasteiger partial charge in [0.1, 0.15) is 10.8 Å². The van der Waals surface area contributed by atoms with Crippen LogP contribution in [0.15, 0.2) is 42.6 Å². The number of benzene rings is 2. The number of hydrogen-bond acceptors (Lipinski definition) is 8. The van der Waals surface area contributed by atoms with Gasteiger partial charge in [-0.1, -0.05) is 29.8 Å². The van der Waals surface area contributed by atoms with Gasteiger partial charge in [-0.05, 0) is 74.0 Å². The zero-order valence-electron chi connectivity index (χ0n) is 23.5. The Balaban J connectivity index is 1.30. The molecule has 0 spiro atoms. The summed E-state index contributed by atoms with van der Waals surface area (Å²) in [4.78, 5) is 23.9. The van der Waals surface area contributed by atoms with Gasteiger partial charge < -0.3 is 30.3 Å². The number of anilines is 4. The molecule has 2 aliphatic rings. The first-order valence-corrected chi connectivity index (χ1v) is 14.0. The van der Waals surface area contributed by atoms with Crippen LogP contribution in [0.2, 0.25) is 5.02 Å². The maximum Gasteiger partial charge on any atom is 0.234 e. The lowest BCUT2D eigenvalue weighted by Gasteiger charge is -2.33. The van der Waals surface area contributed by atoms with Gasteiger partial charge in [-0.15, -0.1) is 0 Å². The van der Waals surface area contributed by atoms with E-state index in [1.165, 1.54) is 12.0 Å². The first kappa shape index (κ1) is 28.1. The van der Waals surface area contributed by atoms with Crippen LogP contribution in [0.3, 0.4) is 0 Å². The highest BCUT2D eigenvalue weighted by Crippen LogP contribution is 2.40. The van der Waals surface area contributed by atoms with Crippen LogP contribution in [0.1, 0.15) is 49.3 Å². The van der Waals surface area contributed by atoms with E-state index in [9.17, 15) is 4.79 Å². The summed E-state index contributed by atoms with van der Waals surface area (Å²) in [6, 6.07) is 12.2. The van der Waals surface area contributed by atoms with Crippen molar-refractivity contribution in [1.29, 1.82) is 0 Å². The Bertz CT molecular complexity index is 1380. The number of nitrogens with one attached hydrogen (secondary N) is 3. The standard InChI is InChI=1S/C30H37ClN6O3/c1-30(2)26-20(7-5-9-24(26)34-28(30)38)16-32-27-22(31)17-33-29(36-27)35-23-11-10-19(15-25(23)40-4)21-8-6-12-37(18-21)13-14-39-3/h5,7,9-11,15,17,21H,6,8,12-14,16,18H2,1-4H3,(H,34,38)(H2,32,33,35,36). The summed E-state index contributed by atoms with van der Waals surface area (Å²) in [6.45, 7) is 8.15. The molecule has 1 unspecified atom stereocenters. The maximum atomic E-state index is 12.5. The van der Waals surface area contributed by atoms with Crippen LogP contribution in [-0.4, -0.2) is 61.2 Å². The quantitative estimate of drug-likeness (QED) is 0.295. The molecule has 0 aliphatic carbocycles. The van der Waals surface area contributed by atoms with Crippen molar-refractivity contribution in [2.45, 2.75) is 44.6 Å². The van der Waals surface area contributed by atoms with Crippen molar-refractivity contribution in [2.24, 2.45) is 0 Å². The number of likely N-dealkylation sites (tertiary alicyclic amines) is 1. The molecule has 10 heteroatoms. The largest absolute Gasteiger partial charge is 0.495 e. The van der Waals surface area contributed by atoms with Gasteiger partial charge in [0.15, 0.2) is 5.82 Å².